The highest BCUT2D eigenvalue weighted by Crippen LogP contribution is 2.33. The number of benzene rings is 1. The van der Waals surface area contributed by atoms with Crippen LogP contribution in [-0.2, 0) is 13.1 Å². The predicted molar refractivity (Wildman–Crippen MR) is 142 cm³/mol. The maximum Gasteiger partial charge on any atom is 0.275 e. The van der Waals surface area contributed by atoms with Gasteiger partial charge in [0.1, 0.15) is 11.4 Å². The molecule has 0 radical (unpaired) electrons. The van der Waals surface area contributed by atoms with Crippen LogP contribution in [0.2, 0.25) is 5.02 Å². The fraction of sp³-hybridized carbons (Fsp3) is 0.357. The van der Waals surface area contributed by atoms with E-state index in [4.69, 9.17) is 11.6 Å². The highest BCUT2D eigenvalue weighted by molar-refractivity contribution is 6.31. The van der Waals surface area contributed by atoms with Crippen molar-refractivity contribution in [3.63, 3.8) is 0 Å². The maximum absolute atomic E-state index is 13.6. The molecule has 5 rings (SSSR count). The first-order valence-corrected chi connectivity index (χ1v) is 12.6. The van der Waals surface area contributed by atoms with Gasteiger partial charge in [-0.3, -0.25) is 9.59 Å². The molecule has 1 aromatic carbocycles. The van der Waals surface area contributed by atoms with E-state index in [0.29, 0.717) is 35.4 Å². The fourth-order valence-electron chi connectivity index (χ4n) is 5.16. The molecule has 0 aliphatic carbocycles. The first-order valence-electron chi connectivity index (χ1n) is 12.3. The molecule has 7 heteroatoms. The van der Waals surface area contributed by atoms with E-state index in [-0.39, 0.29) is 17.5 Å². The number of allylic oxidation sites excluding steroid dienone is 2. The third kappa shape index (κ3) is 4.00. The number of aromatic nitrogens is 2. The lowest BCUT2D eigenvalue weighted by molar-refractivity contribution is 0.0629. The number of carbonyl (C=O) groups excluding carboxylic acids is 1. The van der Waals surface area contributed by atoms with E-state index < -0.39 is 0 Å². The molecule has 1 amide bonds. The fourth-order valence-corrected chi connectivity index (χ4v) is 5.33. The van der Waals surface area contributed by atoms with E-state index in [1.165, 1.54) is 5.57 Å². The molecule has 0 bridgehead atoms. The summed E-state index contributed by atoms with van der Waals surface area (Å²) in [6, 6.07) is 9.30. The minimum Gasteiger partial charge on any atom is -0.347 e. The monoisotopic (exact) mass is 490 g/mol. The normalized spacial score (nSPS) is 19.1. The molecule has 0 saturated heterocycles. The van der Waals surface area contributed by atoms with Gasteiger partial charge < -0.3 is 18.9 Å². The Bertz CT molecular complexity index is 1430. The molecule has 4 heterocycles. The van der Waals surface area contributed by atoms with Crippen LogP contribution in [0, 0.1) is 5.92 Å². The van der Waals surface area contributed by atoms with E-state index in [0.717, 1.165) is 29.4 Å². The van der Waals surface area contributed by atoms with Gasteiger partial charge in [0, 0.05) is 54.2 Å². The minimum absolute atomic E-state index is 0.126. The SMILES string of the molecule is CCn1cc(C(C)N2CCn3c(ccc(N4C=CCC(C)C(C)=C4)c3=O)C2=O)c2cc(Cl)ccc21. The standard InChI is InChI=1S/C28H31ClN4O2/c1-5-30-17-23(22-15-21(29)8-9-24(22)30)20(4)32-13-14-33-26(28(32)35)11-10-25(27(33)34)31-12-6-7-18(2)19(3)16-31/h6,8-12,15-18,20H,5,7,13-14H2,1-4H3. The lowest BCUT2D eigenvalue weighted by Gasteiger charge is -2.34. The second-order valence-corrected chi connectivity index (χ2v) is 10.0. The summed E-state index contributed by atoms with van der Waals surface area (Å²) < 4.78 is 3.81. The molecule has 2 aromatic heterocycles. The Kier molecular flexibility index (Phi) is 6.09. The van der Waals surface area contributed by atoms with Crippen LogP contribution >= 0.6 is 11.6 Å². The van der Waals surface area contributed by atoms with Gasteiger partial charge in [0.15, 0.2) is 0 Å². The molecular formula is C28H31ClN4O2. The quantitative estimate of drug-likeness (QED) is 0.453. The molecule has 2 atom stereocenters. The zero-order valence-corrected chi connectivity index (χ0v) is 21.4. The van der Waals surface area contributed by atoms with Gasteiger partial charge in [-0.2, -0.15) is 0 Å². The number of pyridine rings is 1. The van der Waals surface area contributed by atoms with Gasteiger partial charge in [-0.1, -0.05) is 30.2 Å². The Morgan fingerprint density at radius 2 is 1.94 bits per heavy atom. The number of amides is 1. The molecule has 0 N–H and O–H groups in total. The van der Waals surface area contributed by atoms with Gasteiger partial charge in [-0.25, -0.2) is 0 Å². The number of carbonyl (C=O) groups is 1. The molecule has 2 aliphatic heterocycles. The van der Waals surface area contributed by atoms with E-state index in [1.807, 2.05) is 47.3 Å². The third-order valence-corrected chi connectivity index (χ3v) is 7.72. The lowest BCUT2D eigenvalue weighted by Crippen LogP contribution is -2.45. The number of anilines is 1. The largest absolute Gasteiger partial charge is 0.347 e. The summed E-state index contributed by atoms with van der Waals surface area (Å²) in [5.41, 5.74) is 4.25. The van der Waals surface area contributed by atoms with Crippen LogP contribution in [0.5, 0.6) is 0 Å². The van der Waals surface area contributed by atoms with Crippen molar-refractivity contribution < 1.29 is 4.79 Å². The van der Waals surface area contributed by atoms with Gasteiger partial charge in [-0.15, -0.1) is 0 Å². The number of aryl methyl sites for hydroxylation is 1. The van der Waals surface area contributed by atoms with Crippen LogP contribution in [0.15, 0.2) is 65.4 Å². The Hall–Kier alpha value is -3.25. The van der Waals surface area contributed by atoms with Gasteiger partial charge in [0.2, 0.25) is 0 Å². The van der Waals surface area contributed by atoms with Crippen molar-refractivity contribution in [1.82, 2.24) is 14.0 Å². The van der Waals surface area contributed by atoms with Gasteiger partial charge >= 0.3 is 0 Å². The third-order valence-electron chi connectivity index (χ3n) is 7.48. The number of hydrogen-bond donors (Lipinski definition) is 0. The molecule has 2 aliphatic rings. The average molecular weight is 491 g/mol. The molecule has 6 nitrogen and oxygen atoms in total. The second-order valence-electron chi connectivity index (χ2n) is 9.57. The van der Waals surface area contributed by atoms with Gasteiger partial charge in [-0.05, 0) is 69.0 Å². The number of halogens is 1. The first-order chi connectivity index (χ1) is 16.8. The van der Waals surface area contributed by atoms with Crippen molar-refractivity contribution in [3.05, 3.63) is 87.2 Å². The molecule has 35 heavy (non-hydrogen) atoms. The molecular weight excluding hydrogens is 460 g/mol. The topological polar surface area (TPSA) is 50.5 Å². The van der Waals surface area contributed by atoms with E-state index >= 15 is 0 Å². The summed E-state index contributed by atoms with van der Waals surface area (Å²) in [5.74, 6) is 0.306. The Morgan fingerprint density at radius 3 is 2.71 bits per heavy atom. The number of rotatable bonds is 4. The Balaban J connectivity index is 1.49. The zero-order chi connectivity index (χ0) is 24.9. The van der Waals surface area contributed by atoms with Crippen molar-refractivity contribution in [2.45, 2.75) is 53.2 Å². The predicted octanol–water partition coefficient (Wildman–Crippen LogP) is 5.96. The van der Waals surface area contributed by atoms with Crippen molar-refractivity contribution in [1.29, 1.82) is 0 Å². The molecule has 0 fully saturated rings. The smallest absolute Gasteiger partial charge is 0.275 e. The molecule has 2 unspecified atom stereocenters. The van der Waals surface area contributed by atoms with Crippen molar-refractivity contribution >= 4 is 34.1 Å². The van der Waals surface area contributed by atoms with Crippen molar-refractivity contribution in [2.24, 2.45) is 5.92 Å². The van der Waals surface area contributed by atoms with Crippen molar-refractivity contribution in [2.75, 3.05) is 11.4 Å². The van der Waals surface area contributed by atoms with Crippen LogP contribution in [-0.4, -0.2) is 26.5 Å². The molecule has 0 spiro atoms. The second kappa shape index (κ2) is 9.08. The number of fused-ring (bicyclic) bond motifs is 2. The minimum atomic E-state index is -0.152. The van der Waals surface area contributed by atoms with Crippen LogP contribution in [0.4, 0.5) is 5.69 Å². The van der Waals surface area contributed by atoms with Gasteiger partial charge in [0.05, 0.1) is 6.04 Å². The van der Waals surface area contributed by atoms with Crippen LogP contribution in [0.3, 0.4) is 0 Å². The van der Waals surface area contributed by atoms with Crippen LogP contribution in [0.1, 0.15) is 56.2 Å². The van der Waals surface area contributed by atoms with E-state index in [2.05, 4.69) is 37.6 Å². The summed E-state index contributed by atoms with van der Waals surface area (Å²) in [4.78, 5) is 30.8. The number of nitrogens with zero attached hydrogens (tertiary/aromatic N) is 4. The highest BCUT2D eigenvalue weighted by atomic mass is 35.5. The zero-order valence-electron chi connectivity index (χ0n) is 20.7. The Labute approximate surface area is 210 Å². The molecule has 0 saturated carbocycles. The molecule has 3 aromatic rings. The van der Waals surface area contributed by atoms with E-state index in [9.17, 15) is 9.59 Å². The summed E-state index contributed by atoms with van der Waals surface area (Å²) in [6.07, 6.45) is 9.12. The highest BCUT2D eigenvalue weighted by Gasteiger charge is 2.31. The first kappa shape index (κ1) is 23.5. The van der Waals surface area contributed by atoms with Crippen LogP contribution in [0.25, 0.3) is 10.9 Å². The Morgan fingerprint density at radius 1 is 1.14 bits per heavy atom. The average Bonchev–Trinajstić information content (AvgIpc) is 3.12. The number of hydrogen-bond acceptors (Lipinski definition) is 3. The summed E-state index contributed by atoms with van der Waals surface area (Å²) in [6.45, 7) is 10.2. The summed E-state index contributed by atoms with van der Waals surface area (Å²) in [7, 11) is 0. The van der Waals surface area contributed by atoms with Gasteiger partial charge in [0.25, 0.3) is 11.5 Å². The van der Waals surface area contributed by atoms with Crippen LogP contribution < -0.4 is 10.5 Å². The molecule has 182 valence electrons. The maximum atomic E-state index is 13.6. The summed E-state index contributed by atoms with van der Waals surface area (Å²) in [5, 5.41) is 1.73. The van der Waals surface area contributed by atoms with E-state index in [1.54, 1.807) is 16.7 Å². The van der Waals surface area contributed by atoms with Crippen molar-refractivity contribution in [3.8, 4) is 0 Å². The lowest BCUT2D eigenvalue weighted by atomic mass is 10.0. The summed E-state index contributed by atoms with van der Waals surface area (Å²) >= 11 is 6.31.